The summed E-state index contributed by atoms with van der Waals surface area (Å²) in [6.07, 6.45) is 4.39. The topological polar surface area (TPSA) is 254 Å². The molecule has 6 unspecified atom stereocenters. The van der Waals surface area contributed by atoms with E-state index in [9.17, 15) is 33.4 Å². The van der Waals surface area contributed by atoms with Gasteiger partial charge in [0.2, 0.25) is 5.95 Å². The lowest BCUT2D eigenvalue weighted by Gasteiger charge is -2.26. The summed E-state index contributed by atoms with van der Waals surface area (Å²) in [5.74, 6) is 0.720. The molecule has 3 aliphatic rings. The molecule has 6 atom stereocenters. The number of H-pyrrole nitrogens is 1. The van der Waals surface area contributed by atoms with Crippen molar-refractivity contribution in [3.63, 3.8) is 0 Å². The van der Waals surface area contributed by atoms with Crippen molar-refractivity contribution in [2.75, 3.05) is 35.4 Å². The molecule has 52 heavy (non-hydrogen) atoms. The van der Waals surface area contributed by atoms with Crippen LogP contribution >= 0.6 is 23.5 Å². The number of nitrogens with one attached hydrogen (secondary N) is 2. The predicted molar refractivity (Wildman–Crippen MR) is 191 cm³/mol. The van der Waals surface area contributed by atoms with E-state index < -0.39 is 54.1 Å². The number of nitrogens with zero attached hydrogens (tertiary/aromatic N) is 3. The van der Waals surface area contributed by atoms with Crippen LogP contribution in [0.25, 0.3) is 33.7 Å². The van der Waals surface area contributed by atoms with E-state index in [1.54, 1.807) is 23.0 Å². The fourth-order valence-electron chi connectivity index (χ4n) is 6.54. The summed E-state index contributed by atoms with van der Waals surface area (Å²) >= 11 is 0. The Morgan fingerprint density at radius 1 is 1.04 bits per heavy atom. The second kappa shape index (κ2) is 13.6. The van der Waals surface area contributed by atoms with Crippen LogP contribution in [0, 0.1) is 0 Å². The van der Waals surface area contributed by atoms with Gasteiger partial charge in [0.15, 0.2) is 11.5 Å². The molecule has 21 heteroatoms. The molecule has 0 spiro atoms. The van der Waals surface area contributed by atoms with E-state index in [1.807, 2.05) is 18.2 Å². The van der Waals surface area contributed by atoms with E-state index >= 15 is 0 Å². The highest BCUT2D eigenvalue weighted by Crippen LogP contribution is 2.66. The zero-order chi connectivity index (χ0) is 37.2. The van der Waals surface area contributed by atoms with Crippen LogP contribution in [0.1, 0.15) is 36.0 Å². The van der Waals surface area contributed by atoms with Crippen LogP contribution in [-0.2, 0) is 31.6 Å². The van der Waals surface area contributed by atoms with Crippen molar-refractivity contribution in [2.24, 2.45) is 0 Å². The minimum Gasteiger partial charge on any atom is -0.390 e. The number of aromatic nitrogens is 2. The maximum atomic E-state index is 13.3. The molecule has 0 radical (unpaired) electrons. The third-order valence-corrected chi connectivity index (χ3v) is 12.7. The standard InChI is InChI=1S/C31H34N5O13P3/c1-17-3-5-20-12-21-8-7-19-6-4-18(11-23(19)24(21)13-22(17)20)9-10-35-16-36(29-28(35)30(38)34-31(32-2)33-29)27-14-25(37)26(47-27)15-46-51(42,43)49-52(44,45)48-50(39,40)41/h3-13,17,25-27,37H,14-16H2,1-2H3,(H,42,43)(H,44,45)(H2,39,40,41)(H2,32,33,34,38)/b10-9+. The Morgan fingerprint density at radius 3 is 2.52 bits per heavy atom. The van der Waals surface area contributed by atoms with Crippen molar-refractivity contribution < 1.29 is 56.3 Å². The van der Waals surface area contributed by atoms with Crippen LogP contribution in [0.5, 0.6) is 0 Å². The molecule has 0 amide bonds. The van der Waals surface area contributed by atoms with E-state index in [1.165, 1.54) is 11.1 Å². The van der Waals surface area contributed by atoms with Gasteiger partial charge >= 0.3 is 23.5 Å². The summed E-state index contributed by atoms with van der Waals surface area (Å²) in [4.78, 5) is 60.5. The van der Waals surface area contributed by atoms with Crippen LogP contribution in [0.15, 0.2) is 59.5 Å². The Labute approximate surface area is 295 Å². The lowest BCUT2D eigenvalue weighted by Crippen LogP contribution is -2.38. The normalized spacial score (nSPS) is 23.8. The van der Waals surface area contributed by atoms with Crippen LogP contribution in [0.4, 0.5) is 17.5 Å². The molecule has 7 rings (SSSR count). The first-order chi connectivity index (χ1) is 24.5. The lowest BCUT2D eigenvalue weighted by atomic mass is 9.94. The third-order valence-electron chi connectivity index (χ3n) is 8.91. The Balaban J connectivity index is 1.11. The van der Waals surface area contributed by atoms with Gasteiger partial charge in [0.25, 0.3) is 5.56 Å². The summed E-state index contributed by atoms with van der Waals surface area (Å²) < 4.78 is 52.9. The number of allylic oxidation sites excluding steroid dienone is 1. The molecule has 1 saturated heterocycles. The number of benzene rings is 3. The minimum absolute atomic E-state index is 0.0581. The summed E-state index contributed by atoms with van der Waals surface area (Å²) in [5, 5.41) is 18.0. The molecular weight excluding hydrogens is 743 g/mol. The molecule has 3 aromatic carbocycles. The van der Waals surface area contributed by atoms with Gasteiger partial charge in [-0.2, -0.15) is 13.6 Å². The summed E-state index contributed by atoms with van der Waals surface area (Å²) in [5.41, 5.74) is 3.12. The Bertz CT molecular complexity index is 2350. The molecule has 4 aromatic rings. The number of hydrogen-bond donors (Lipinski definition) is 7. The number of anilines is 3. The minimum atomic E-state index is -5.73. The molecule has 276 valence electrons. The molecule has 2 aliphatic heterocycles. The molecule has 0 bridgehead atoms. The number of aromatic amines is 1. The van der Waals surface area contributed by atoms with E-state index in [-0.39, 0.29) is 30.5 Å². The maximum Gasteiger partial charge on any atom is 0.490 e. The highest BCUT2D eigenvalue weighted by atomic mass is 31.3. The van der Waals surface area contributed by atoms with Crippen molar-refractivity contribution in [3.8, 4) is 0 Å². The highest BCUT2D eigenvalue weighted by Gasteiger charge is 2.45. The van der Waals surface area contributed by atoms with Crippen molar-refractivity contribution in [3.05, 3.63) is 81.8 Å². The Hall–Kier alpha value is -3.73. The summed E-state index contributed by atoms with van der Waals surface area (Å²) in [6.45, 7) is 1.39. The van der Waals surface area contributed by atoms with Gasteiger partial charge in [-0.3, -0.25) is 14.3 Å². The zero-order valence-corrected chi connectivity index (χ0v) is 30.2. The van der Waals surface area contributed by atoms with Crippen LogP contribution in [0.3, 0.4) is 0 Å². The summed E-state index contributed by atoms with van der Waals surface area (Å²) in [7, 11) is -15.2. The van der Waals surface area contributed by atoms with Crippen molar-refractivity contribution in [1.29, 1.82) is 0 Å². The first-order valence-electron chi connectivity index (χ1n) is 15.8. The molecule has 1 fully saturated rings. The van der Waals surface area contributed by atoms with Crippen molar-refractivity contribution in [1.82, 2.24) is 9.97 Å². The van der Waals surface area contributed by atoms with Crippen LogP contribution < -0.4 is 20.7 Å². The molecular formula is C31H34N5O13P3. The predicted octanol–water partition coefficient (Wildman–Crippen LogP) is 4.32. The maximum absolute atomic E-state index is 13.3. The number of hydrogen-bond acceptors (Lipinski definition) is 13. The average Bonchev–Trinajstić information content (AvgIpc) is 3.74. The molecule has 3 heterocycles. The SMILES string of the molecule is CNc1nc2c(c(=O)[nH]1)N(/C=C/c1ccc3ccc4cc5c(cc4c3c1)C(C)C=C5)CN2C1CC(O)C(COP(=O)(O)OP(=O)(O)OP(=O)(O)O)O1. The number of rotatable bonds is 11. The first kappa shape index (κ1) is 36.6. The van der Waals surface area contributed by atoms with Crippen molar-refractivity contribution in [2.45, 2.75) is 37.7 Å². The van der Waals surface area contributed by atoms with Gasteiger partial charge in [0.1, 0.15) is 12.3 Å². The van der Waals surface area contributed by atoms with Gasteiger partial charge in [-0.15, -0.1) is 0 Å². The highest BCUT2D eigenvalue weighted by molar-refractivity contribution is 7.66. The number of aliphatic hydroxyl groups is 1. The second-order valence-electron chi connectivity index (χ2n) is 12.4. The molecule has 7 N–H and O–H groups in total. The average molecular weight is 778 g/mol. The summed E-state index contributed by atoms with van der Waals surface area (Å²) in [6, 6.07) is 14.8. The number of phosphoric ester groups is 1. The largest absolute Gasteiger partial charge is 0.490 e. The van der Waals surface area contributed by atoms with E-state index in [0.717, 1.165) is 27.1 Å². The van der Waals surface area contributed by atoms with E-state index in [2.05, 4.69) is 77.8 Å². The molecule has 0 saturated carbocycles. The number of fused-ring (bicyclic) bond motifs is 5. The van der Waals surface area contributed by atoms with Gasteiger partial charge in [0.05, 0.1) is 19.4 Å². The first-order valence-corrected chi connectivity index (χ1v) is 20.4. The Kier molecular flexibility index (Phi) is 9.58. The fourth-order valence-corrected chi connectivity index (χ4v) is 9.57. The number of aliphatic hydroxyl groups excluding tert-OH is 1. The number of phosphoric acid groups is 3. The van der Waals surface area contributed by atoms with Gasteiger partial charge in [-0.25, -0.2) is 13.7 Å². The van der Waals surface area contributed by atoms with Gasteiger partial charge in [-0.1, -0.05) is 43.3 Å². The Morgan fingerprint density at radius 2 is 1.77 bits per heavy atom. The lowest BCUT2D eigenvalue weighted by molar-refractivity contribution is -0.0215. The number of ether oxygens (including phenoxy) is 1. The van der Waals surface area contributed by atoms with Gasteiger partial charge in [0, 0.05) is 19.7 Å². The fraction of sp³-hybridized carbons (Fsp3) is 0.290. The quantitative estimate of drug-likeness (QED) is 0.0827. The monoisotopic (exact) mass is 777 g/mol. The van der Waals surface area contributed by atoms with Gasteiger partial charge in [-0.05, 0) is 68.4 Å². The third kappa shape index (κ3) is 7.52. The van der Waals surface area contributed by atoms with Crippen molar-refractivity contribution >= 4 is 74.6 Å². The zero-order valence-electron chi connectivity index (χ0n) is 27.5. The molecule has 1 aromatic heterocycles. The molecule has 18 nitrogen and oxygen atoms in total. The van der Waals surface area contributed by atoms with Gasteiger partial charge < -0.3 is 44.5 Å². The second-order valence-corrected chi connectivity index (χ2v) is 16.9. The molecule has 1 aliphatic carbocycles. The van der Waals surface area contributed by atoms with Crippen LogP contribution in [-0.4, -0.2) is 73.4 Å². The van der Waals surface area contributed by atoms with Crippen LogP contribution in [0.2, 0.25) is 0 Å². The smallest absolute Gasteiger partial charge is 0.390 e. The van der Waals surface area contributed by atoms with E-state index in [4.69, 9.17) is 14.5 Å². The van der Waals surface area contributed by atoms with E-state index in [0.29, 0.717) is 5.92 Å².